The van der Waals surface area contributed by atoms with E-state index in [4.69, 9.17) is 31.2 Å². The van der Waals surface area contributed by atoms with Crippen molar-refractivity contribution in [1.82, 2.24) is 5.32 Å². The molecule has 1 atom stereocenters. The minimum atomic E-state index is -0.372. The molecule has 35 heavy (non-hydrogen) atoms. The number of ether oxygens (including phenoxy) is 4. The summed E-state index contributed by atoms with van der Waals surface area (Å²) in [5, 5.41) is 3.02. The monoisotopic (exact) mass is 535 g/mol. The number of nitrogens with one attached hydrogen (secondary N) is 1. The molecule has 7 nitrogen and oxygen atoms in total. The van der Waals surface area contributed by atoms with Gasteiger partial charge >= 0.3 is 0 Å². The van der Waals surface area contributed by atoms with Crippen molar-refractivity contribution in [2.24, 2.45) is 0 Å². The quantitative estimate of drug-likeness (QED) is 0.389. The van der Waals surface area contributed by atoms with Gasteiger partial charge in [-0.3, -0.25) is 9.59 Å². The number of benzene rings is 1. The van der Waals surface area contributed by atoms with E-state index in [2.05, 4.69) is 5.32 Å². The van der Waals surface area contributed by atoms with Crippen LogP contribution in [0.15, 0.2) is 32.8 Å². The molecule has 3 rings (SSSR count). The summed E-state index contributed by atoms with van der Waals surface area (Å²) < 4.78 is 23.4. The molecule has 1 aliphatic carbocycles. The third-order valence-electron chi connectivity index (χ3n) is 5.65. The SMILES string of the molecule is CCOC(=S)Sc1c2c(c(OC)c(OC)c1OC)-c1ccc(SC)c(=O)cc1[C@@H](NC(C)=O)CC2. The largest absolute Gasteiger partial charge is 0.492 e. The Hall–Kier alpha value is -2.43. The molecule has 1 aliphatic rings. The van der Waals surface area contributed by atoms with Gasteiger partial charge in [0.1, 0.15) is 0 Å². The van der Waals surface area contributed by atoms with Crippen LogP contribution < -0.4 is 25.0 Å². The number of rotatable bonds is 7. The molecular formula is C25H29NO6S3. The maximum Gasteiger partial charge on any atom is 0.225 e. The average molecular weight is 536 g/mol. The Morgan fingerprint density at radius 2 is 1.83 bits per heavy atom. The number of thioether (sulfide) groups is 2. The standard InChI is InChI=1S/C25H29NO6S3/c1-7-32-25(33)35-24-15-8-10-17(26-13(2)27)16-12-18(28)19(34-6)11-9-14(16)20(15)21(29-3)22(30-4)23(24)31-5/h9,11-12,17H,7-8,10H2,1-6H3,(H,26,27)/t17-/m0/s1. The molecule has 0 bridgehead atoms. The zero-order valence-corrected chi connectivity index (χ0v) is 23.1. The van der Waals surface area contributed by atoms with Gasteiger partial charge in [-0.2, -0.15) is 0 Å². The minimum Gasteiger partial charge on any atom is -0.492 e. The summed E-state index contributed by atoms with van der Waals surface area (Å²) >= 11 is 8.12. The van der Waals surface area contributed by atoms with E-state index in [9.17, 15) is 9.59 Å². The number of hydrogen-bond acceptors (Lipinski definition) is 9. The molecule has 1 amide bonds. The van der Waals surface area contributed by atoms with Crippen LogP contribution in [0, 0.1) is 0 Å². The van der Waals surface area contributed by atoms with Crippen molar-refractivity contribution < 1.29 is 23.7 Å². The Kier molecular flexibility index (Phi) is 9.32. The van der Waals surface area contributed by atoms with Gasteiger partial charge in [0.05, 0.1) is 43.8 Å². The Bertz CT molecular complexity index is 1200. The summed E-state index contributed by atoms with van der Waals surface area (Å²) in [5.41, 5.74) is 3.08. The lowest BCUT2D eigenvalue weighted by Gasteiger charge is -2.23. The summed E-state index contributed by atoms with van der Waals surface area (Å²) in [5.74, 6) is 1.22. The number of carbonyl (C=O) groups is 1. The van der Waals surface area contributed by atoms with Crippen LogP contribution in [-0.4, -0.2) is 44.5 Å². The van der Waals surface area contributed by atoms with E-state index in [-0.39, 0.29) is 17.4 Å². The van der Waals surface area contributed by atoms with Crippen molar-refractivity contribution in [3.8, 4) is 28.4 Å². The average Bonchev–Trinajstić information content (AvgIpc) is 3.07. The van der Waals surface area contributed by atoms with E-state index in [1.807, 2.05) is 19.2 Å². The lowest BCUT2D eigenvalue weighted by molar-refractivity contribution is -0.119. The number of methoxy groups -OCH3 is 3. The Balaban J connectivity index is 2.47. The maximum atomic E-state index is 13.0. The topological polar surface area (TPSA) is 83.1 Å². The minimum absolute atomic E-state index is 0.107. The normalized spacial score (nSPS) is 14.2. The van der Waals surface area contributed by atoms with Gasteiger partial charge < -0.3 is 24.3 Å². The molecule has 2 aromatic carbocycles. The van der Waals surface area contributed by atoms with Crippen molar-refractivity contribution in [1.29, 1.82) is 0 Å². The summed E-state index contributed by atoms with van der Waals surface area (Å²) in [6.07, 6.45) is 2.99. The van der Waals surface area contributed by atoms with Crippen LogP contribution >= 0.6 is 35.7 Å². The Morgan fingerprint density at radius 3 is 2.40 bits per heavy atom. The van der Waals surface area contributed by atoms with Gasteiger partial charge in [-0.25, -0.2) is 0 Å². The maximum absolute atomic E-state index is 13.0. The number of thiocarbonyl (C=S) groups is 1. The summed E-state index contributed by atoms with van der Waals surface area (Å²) in [6, 6.07) is 4.96. The highest BCUT2D eigenvalue weighted by Gasteiger charge is 2.33. The van der Waals surface area contributed by atoms with Gasteiger partial charge in [0.25, 0.3) is 0 Å². The predicted molar refractivity (Wildman–Crippen MR) is 145 cm³/mol. The fourth-order valence-electron chi connectivity index (χ4n) is 4.29. The van der Waals surface area contributed by atoms with Crippen LogP contribution in [0.2, 0.25) is 0 Å². The van der Waals surface area contributed by atoms with E-state index in [1.54, 1.807) is 33.5 Å². The van der Waals surface area contributed by atoms with E-state index in [0.29, 0.717) is 46.0 Å². The van der Waals surface area contributed by atoms with Gasteiger partial charge in [-0.05, 0) is 78.8 Å². The van der Waals surface area contributed by atoms with E-state index >= 15 is 0 Å². The zero-order valence-electron chi connectivity index (χ0n) is 20.6. The fraction of sp³-hybridized carbons (Fsp3) is 0.400. The van der Waals surface area contributed by atoms with Crippen molar-refractivity contribution in [3.05, 3.63) is 39.5 Å². The first-order chi connectivity index (χ1) is 16.8. The molecule has 2 aromatic rings. The van der Waals surface area contributed by atoms with Gasteiger partial charge in [0.15, 0.2) is 16.9 Å². The number of carbonyl (C=O) groups excluding carboxylic acids is 1. The highest BCUT2D eigenvalue weighted by atomic mass is 32.2. The van der Waals surface area contributed by atoms with Crippen molar-refractivity contribution in [2.45, 2.75) is 42.5 Å². The summed E-state index contributed by atoms with van der Waals surface area (Å²) in [6.45, 7) is 3.79. The first-order valence-electron chi connectivity index (χ1n) is 11.0. The molecule has 0 spiro atoms. The van der Waals surface area contributed by atoms with Gasteiger partial charge in [0.2, 0.25) is 16.0 Å². The first-order valence-corrected chi connectivity index (χ1v) is 13.4. The molecule has 188 valence electrons. The molecular weight excluding hydrogens is 506 g/mol. The molecule has 0 saturated heterocycles. The lowest BCUT2D eigenvalue weighted by atomic mass is 9.95. The van der Waals surface area contributed by atoms with Crippen LogP contribution in [0.4, 0.5) is 0 Å². The first kappa shape index (κ1) is 27.2. The van der Waals surface area contributed by atoms with Crippen molar-refractivity contribution in [2.75, 3.05) is 34.2 Å². The third kappa shape index (κ3) is 5.54. The third-order valence-corrected chi connectivity index (χ3v) is 7.71. The molecule has 0 heterocycles. The lowest BCUT2D eigenvalue weighted by Crippen LogP contribution is -2.26. The molecule has 1 N–H and O–H groups in total. The highest BCUT2D eigenvalue weighted by molar-refractivity contribution is 8.22. The molecule has 10 heteroatoms. The Morgan fingerprint density at radius 1 is 1.14 bits per heavy atom. The molecule has 0 aromatic heterocycles. The van der Waals surface area contributed by atoms with Crippen LogP contribution in [0.25, 0.3) is 11.1 Å². The van der Waals surface area contributed by atoms with Crippen molar-refractivity contribution in [3.63, 3.8) is 0 Å². The fourth-order valence-corrected chi connectivity index (χ4v) is 6.06. The van der Waals surface area contributed by atoms with Gasteiger partial charge in [0, 0.05) is 12.5 Å². The zero-order chi connectivity index (χ0) is 25.7. The number of amides is 1. The van der Waals surface area contributed by atoms with E-state index in [1.165, 1.54) is 30.4 Å². The predicted octanol–water partition coefficient (Wildman–Crippen LogP) is 5.00. The smallest absolute Gasteiger partial charge is 0.225 e. The molecule has 0 radical (unpaired) electrons. The van der Waals surface area contributed by atoms with Crippen LogP contribution in [-0.2, 0) is 16.0 Å². The van der Waals surface area contributed by atoms with Gasteiger partial charge in [-0.1, -0.05) is 6.07 Å². The van der Waals surface area contributed by atoms with Crippen molar-refractivity contribution >= 4 is 46.0 Å². The van der Waals surface area contributed by atoms with Crippen LogP contribution in [0.1, 0.15) is 37.4 Å². The number of fused-ring (bicyclic) bond motifs is 3. The molecule has 0 saturated carbocycles. The number of hydrogen-bond donors (Lipinski definition) is 1. The molecule has 0 aliphatic heterocycles. The van der Waals surface area contributed by atoms with Crippen LogP contribution in [0.3, 0.4) is 0 Å². The van der Waals surface area contributed by atoms with Crippen LogP contribution in [0.5, 0.6) is 17.2 Å². The molecule has 0 unspecified atom stereocenters. The summed E-state index contributed by atoms with van der Waals surface area (Å²) in [7, 11) is 4.68. The molecule has 0 fully saturated rings. The second-order valence-electron chi connectivity index (χ2n) is 7.64. The second-order valence-corrected chi connectivity index (χ2v) is 10.1. The summed E-state index contributed by atoms with van der Waals surface area (Å²) in [4.78, 5) is 26.5. The van der Waals surface area contributed by atoms with Gasteiger partial charge in [-0.15, -0.1) is 11.8 Å². The van der Waals surface area contributed by atoms with E-state index < -0.39 is 0 Å². The van der Waals surface area contributed by atoms with E-state index in [0.717, 1.165) is 27.1 Å². The highest BCUT2D eigenvalue weighted by Crippen LogP contribution is 2.55. The second kappa shape index (κ2) is 12.0. The Labute approximate surface area is 219 Å².